The highest BCUT2D eigenvalue weighted by atomic mass is 32.2. The quantitative estimate of drug-likeness (QED) is 0.721. The van der Waals surface area contributed by atoms with Crippen molar-refractivity contribution in [3.05, 3.63) is 35.4 Å². The van der Waals surface area contributed by atoms with Crippen molar-refractivity contribution in [2.75, 3.05) is 17.8 Å². The number of sulfone groups is 2. The van der Waals surface area contributed by atoms with Crippen molar-refractivity contribution < 1.29 is 30.4 Å². The van der Waals surface area contributed by atoms with Gasteiger partial charge in [-0.3, -0.25) is 4.79 Å². The van der Waals surface area contributed by atoms with Gasteiger partial charge in [0.25, 0.3) is 0 Å². The van der Waals surface area contributed by atoms with Crippen LogP contribution in [0.3, 0.4) is 0 Å². The van der Waals surface area contributed by atoms with Crippen molar-refractivity contribution in [1.82, 2.24) is 0 Å². The minimum absolute atomic E-state index is 0.475. The van der Waals surface area contributed by atoms with E-state index in [1.165, 1.54) is 0 Å². The number of benzene rings is 1. The van der Waals surface area contributed by atoms with E-state index in [-0.39, 0.29) is 0 Å². The van der Waals surface area contributed by atoms with Crippen LogP contribution in [-0.4, -0.2) is 45.6 Å². The van der Waals surface area contributed by atoms with Gasteiger partial charge in [0.2, 0.25) is 0 Å². The molecule has 118 valence electrons. The number of hydrogen-bond acceptors (Lipinski definition) is 5. The van der Waals surface area contributed by atoms with Crippen LogP contribution in [-0.2, 0) is 19.7 Å². The molecule has 0 aliphatic rings. The second-order valence-corrected chi connectivity index (χ2v) is 9.33. The molecular formula is C12H14F2O5S2. The monoisotopic (exact) mass is 340 g/mol. The predicted octanol–water partition coefficient (Wildman–Crippen LogP) is 0.995. The molecule has 0 spiro atoms. The van der Waals surface area contributed by atoms with Gasteiger partial charge in [0.1, 0.15) is 26.7 Å². The van der Waals surface area contributed by atoms with Gasteiger partial charge in [0.15, 0.2) is 15.6 Å². The summed E-state index contributed by atoms with van der Waals surface area (Å²) in [6.07, 6.45) is 0.870. The Morgan fingerprint density at radius 3 is 2.19 bits per heavy atom. The smallest absolute Gasteiger partial charge is 0.183 e. The van der Waals surface area contributed by atoms with Gasteiger partial charge in [-0.05, 0) is 19.1 Å². The molecule has 21 heavy (non-hydrogen) atoms. The van der Waals surface area contributed by atoms with Crippen molar-refractivity contribution in [1.29, 1.82) is 0 Å². The Bertz CT molecular complexity index is 754. The first-order chi connectivity index (χ1) is 9.44. The number of ketones is 1. The summed E-state index contributed by atoms with van der Waals surface area (Å²) in [4.78, 5) is 12.0. The topological polar surface area (TPSA) is 85.3 Å². The van der Waals surface area contributed by atoms with E-state index in [0.717, 1.165) is 25.3 Å². The number of halogens is 2. The maximum absolute atomic E-state index is 13.5. The second-order valence-electron chi connectivity index (χ2n) is 4.63. The van der Waals surface area contributed by atoms with Crippen molar-refractivity contribution in [2.45, 2.75) is 12.2 Å². The third kappa shape index (κ3) is 4.85. The maximum Gasteiger partial charge on any atom is 0.183 e. The molecular weight excluding hydrogens is 326 g/mol. The molecule has 0 N–H and O–H groups in total. The fraction of sp³-hybridized carbons (Fsp3) is 0.417. The molecule has 0 saturated carbocycles. The normalized spacial score (nSPS) is 13.9. The van der Waals surface area contributed by atoms with E-state index in [2.05, 4.69) is 0 Å². The van der Waals surface area contributed by atoms with Crippen molar-refractivity contribution in [3.8, 4) is 0 Å². The highest BCUT2D eigenvalue weighted by Gasteiger charge is 2.31. The van der Waals surface area contributed by atoms with Crippen LogP contribution in [0.25, 0.3) is 0 Å². The lowest BCUT2D eigenvalue weighted by atomic mass is 10.1. The zero-order valence-electron chi connectivity index (χ0n) is 11.3. The van der Waals surface area contributed by atoms with Crippen LogP contribution in [0.1, 0.15) is 17.3 Å². The van der Waals surface area contributed by atoms with Gasteiger partial charge in [0, 0.05) is 12.3 Å². The molecule has 1 aromatic rings. The molecule has 0 radical (unpaired) electrons. The highest BCUT2D eigenvalue weighted by Crippen LogP contribution is 2.16. The maximum atomic E-state index is 13.5. The first-order valence-electron chi connectivity index (χ1n) is 5.82. The molecule has 0 saturated heterocycles. The van der Waals surface area contributed by atoms with Crippen LogP contribution in [0.15, 0.2) is 18.2 Å². The van der Waals surface area contributed by atoms with Gasteiger partial charge in [-0.1, -0.05) is 0 Å². The molecule has 1 rings (SSSR count). The number of hydrogen-bond donors (Lipinski definition) is 0. The van der Waals surface area contributed by atoms with Gasteiger partial charge in [-0.15, -0.1) is 0 Å². The minimum Gasteiger partial charge on any atom is -0.293 e. The largest absolute Gasteiger partial charge is 0.293 e. The van der Waals surface area contributed by atoms with Gasteiger partial charge in [0.05, 0.1) is 17.1 Å². The number of rotatable bonds is 6. The van der Waals surface area contributed by atoms with Crippen LogP contribution in [0.5, 0.6) is 0 Å². The SMILES string of the molecule is CC(C(=O)c1ccc(F)cc1F)S(=O)(=O)CCS(C)(=O)=O. The van der Waals surface area contributed by atoms with E-state index in [1.807, 2.05) is 0 Å². The predicted molar refractivity (Wildman–Crippen MR) is 73.6 cm³/mol. The Morgan fingerprint density at radius 1 is 1.14 bits per heavy atom. The molecule has 0 bridgehead atoms. The molecule has 1 aromatic carbocycles. The number of carbonyl (C=O) groups is 1. The van der Waals surface area contributed by atoms with Gasteiger partial charge in [-0.25, -0.2) is 25.6 Å². The van der Waals surface area contributed by atoms with Crippen molar-refractivity contribution in [3.63, 3.8) is 0 Å². The molecule has 0 fully saturated rings. The van der Waals surface area contributed by atoms with Gasteiger partial charge >= 0.3 is 0 Å². The minimum atomic E-state index is -4.06. The van der Waals surface area contributed by atoms with Gasteiger partial charge in [-0.2, -0.15) is 0 Å². The molecule has 0 aromatic heterocycles. The fourth-order valence-corrected chi connectivity index (χ4v) is 4.46. The lowest BCUT2D eigenvalue weighted by Gasteiger charge is -2.12. The van der Waals surface area contributed by atoms with Crippen LogP contribution in [0, 0.1) is 11.6 Å². The first-order valence-corrected chi connectivity index (χ1v) is 9.60. The van der Waals surface area contributed by atoms with Crippen molar-refractivity contribution in [2.24, 2.45) is 0 Å². The van der Waals surface area contributed by atoms with Crippen molar-refractivity contribution >= 4 is 25.5 Å². The average Bonchev–Trinajstić information content (AvgIpc) is 2.34. The summed E-state index contributed by atoms with van der Waals surface area (Å²) >= 11 is 0. The van der Waals surface area contributed by atoms with E-state index in [9.17, 15) is 30.4 Å². The summed E-state index contributed by atoms with van der Waals surface area (Å²) < 4.78 is 72.0. The average molecular weight is 340 g/mol. The second kappa shape index (κ2) is 6.18. The van der Waals surface area contributed by atoms with E-state index in [1.54, 1.807) is 0 Å². The lowest BCUT2D eigenvalue weighted by molar-refractivity contribution is 0.0987. The van der Waals surface area contributed by atoms with Gasteiger partial charge < -0.3 is 0 Å². The summed E-state index contributed by atoms with van der Waals surface area (Å²) in [5, 5.41) is -1.61. The van der Waals surface area contributed by atoms with Crippen LogP contribution in [0.2, 0.25) is 0 Å². The summed E-state index contributed by atoms with van der Waals surface area (Å²) in [7, 11) is -7.57. The summed E-state index contributed by atoms with van der Waals surface area (Å²) in [5.41, 5.74) is -0.549. The summed E-state index contributed by atoms with van der Waals surface area (Å²) in [6.45, 7) is 1.04. The standard InChI is InChI=1S/C12H14F2O5S2/c1-8(21(18,19)6-5-20(2,16)17)12(15)10-4-3-9(13)7-11(10)14/h3-4,7-8H,5-6H2,1-2H3. The summed E-state index contributed by atoms with van der Waals surface area (Å²) in [6, 6.07) is 2.17. The number of carbonyl (C=O) groups excluding carboxylic acids is 1. The Hall–Kier alpha value is -1.35. The molecule has 0 heterocycles. The lowest BCUT2D eigenvalue weighted by Crippen LogP contribution is -2.32. The Morgan fingerprint density at radius 2 is 1.71 bits per heavy atom. The molecule has 0 amide bonds. The highest BCUT2D eigenvalue weighted by molar-refractivity contribution is 7.95. The third-order valence-electron chi connectivity index (χ3n) is 2.84. The number of Topliss-reactive ketones (excluding diaryl/α,β-unsaturated/α-hetero) is 1. The fourth-order valence-electron chi connectivity index (χ4n) is 1.52. The third-order valence-corrected chi connectivity index (χ3v) is 6.11. The van der Waals surface area contributed by atoms with E-state index in [0.29, 0.717) is 6.07 Å². The Labute approximate surface area is 121 Å². The Balaban J connectivity index is 3.01. The molecule has 1 unspecified atom stereocenters. The Kier molecular flexibility index (Phi) is 5.21. The van der Waals surface area contributed by atoms with Crippen LogP contribution < -0.4 is 0 Å². The molecule has 1 atom stereocenters. The van der Waals surface area contributed by atoms with Crippen LogP contribution >= 0.6 is 0 Å². The van der Waals surface area contributed by atoms with Crippen LogP contribution in [0.4, 0.5) is 8.78 Å². The molecule has 0 aliphatic heterocycles. The zero-order valence-corrected chi connectivity index (χ0v) is 13.0. The molecule has 5 nitrogen and oxygen atoms in total. The molecule has 0 aliphatic carbocycles. The molecule has 9 heteroatoms. The summed E-state index contributed by atoms with van der Waals surface area (Å²) in [5.74, 6) is -4.46. The van der Waals surface area contributed by atoms with E-state index < -0.39 is 59.4 Å². The zero-order chi connectivity index (χ0) is 16.4. The van der Waals surface area contributed by atoms with E-state index in [4.69, 9.17) is 0 Å². The first kappa shape index (κ1) is 17.7. The van der Waals surface area contributed by atoms with E-state index >= 15 is 0 Å².